The number of carbonyl (C=O) groups is 1. The van der Waals surface area contributed by atoms with Crippen LogP contribution in [0.4, 0.5) is 13.2 Å². The van der Waals surface area contributed by atoms with Crippen molar-refractivity contribution in [2.24, 2.45) is 29.4 Å². The molecule has 1 heterocycles. The lowest BCUT2D eigenvalue weighted by Crippen LogP contribution is -2.48. The average Bonchev–Trinajstić information content (AvgIpc) is 2.46. The van der Waals surface area contributed by atoms with Gasteiger partial charge in [0, 0.05) is 19.0 Å². The monoisotopic (exact) mass is 306 g/mol. The van der Waals surface area contributed by atoms with Gasteiger partial charge in [0.25, 0.3) is 0 Å². The van der Waals surface area contributed by atoms with E-state index in [9.17, 15) is 18.0 Å². The van der Waals surface area contributed by atoms with Crippen molar-refractivity contribution in [1.82, 2.24) is 4.90 Å². The van der Waals surface area contributed by atoms with Crippen molar-refractivity contribution in [1.29, 1.82) is 0 Å². The van der Waals surface area contributed by atoms with Crippen LogP contribution in [0.1, 0.15) is 39.0 Å². The molecule has 2 rings (SSSR count). The Morgan fingerprint density at radius 1 is 1.29 bits per heavy atom. The van der Waals surface area contributed by atoms with E-state index in [-0.39, 0.29) is 24.7 Å². The summed E-state index contributed by atoms with van der Waals surface area (Å²) in [6, 6.07) is 0. The molecule has 0 aromatic carbocycles. The lowest BCUT2D eigenvalue weighted by atomic mass is 9.79. The predicted octanol–water partition coefficient (Wildman–Crippen LogP) is 2.80. The molecule has 0 radical (unpaired) electrons. The molecule has 2 aliphatic rings. The van der Waals surface area contributed by atoms with E-state index in [0.717, 1.165) is 6.42 Å². The Labute approximate surface area is 124 Å². The first-order chi connectivity index (χ1) is 9.82. The molecule has 0 aromatic rings. The Hall–Kier alpha value is -0.780. The second-order valence-corrected chi connectivity index (χ2v) is 6.65. The SMILES string of the molecule is CC1CCN(C(=O)C2CCCC(C(F)(F)F)C2)CC1CN. The van der Waals surface area contributed by atoms with Crippen molar-refractivity contribution in [3.8, 4) is 0 Å². The van der Waals surface area contributed by atoms with Gasteiger partial charge in [-0.05, 0) is 44.1 Å². The quantitative estimate of drug-likeness (QED) is 0.852. The topological polar surface area (TPSA) is 46.3 Å². The van der Waals surface area contributed by atoms with Gasteiger partial charge in [0.15, 0.2) is 0 Å². The summed E-state index contributed by atoms with van der Waals surface area (Å²) in [7, 11) is 0. The fraction of sp³-hybridized carbons (Fsp3) is 0.933. The van der Waals surface area contributed by atoms with Crippen LogP contribution in [0.25, 0.3) is 0 Å². The summed E-state index contributed by atoms with van der Waals surface area (Å²) in [5.41, 5.74) is 5.73. The summed E-state index contributed by atoms with van der Waals surface area (Å²) in [5.74, 6) is -1.11. The van der Waals surface area contributed by atoms with E-state index in [2.05, 4.69) is 6.92 Å². The molecule has 2 fully saturated rings. The highest BCUT2D eigenvalue weighted by Gasteiger charge is 2.44. The zero-order valence-corrected chi connectivity index (χ0v) is 12.5. The molecule has 4 atom stereocenters. The summed E-state index contributed by atoms with van der Waals surface area (Å²) < 4.78 is 38.5. The largest absolute Gasteiger partial charge is 0.391 e. The number of hydrogen-bond donors (Lipinski definition) is 1. The second kappa shape index (κ2) is 6.55. The third-order valence-corrected chi connectivity index (χ3v) is 5.21. The van der Waals surface area contributed by atoms with Crippen molar-refractivity contribution in [3.05, 3.63) is 0 Å². The van der Waals surface area contributed by atoms with Gasteiger partial charge >= 0.3 is 6.18 Å². The number of carbonyl (C=O) groups excluding carboxylic acids is 1. The minimum atomic E-state index is -4.17. The Bertz CT molecular complexity index is 372. The fourth-order valence-corrected chi connectivity index (χ4v) is 3.63. The van der Waals surface area contributed by atoms with Crippen LogP contribution in [0.5, 0.6) is 0 Å². The maximum Gasteiger partial charge on any atom is 0.391 e. The van der Waals surface area contributed by atoms with Crippen LogP contribution in [-0.4, -0.2) is 36.6 Å². The Morgan fingerprint density at radius 3 is 2.62 bits per heavy atom. The van der Waals surface area contributed by atoms with Gasteiger partial charge in [0.2, 0.25) is 5.91 Å². The zero-order valence-electron chi connectivity index (χ0n) is 12.5. The van der Waals surface area contributed by atoms with Gasteiger partial charge in [0.1, 0.15) is 0 Å². The molecule has 1 aliphatic heterocycles. The van der Waals surface area contributed by atoms with Crippen LogP contribution in [0.15, 0.2) is 0 Å². The fourth-order valence-electron chi connectivity index (χ4n) is 3.63. The molecule has 1 aliphatic carbocycles. The van der Waals surface area contributed by atoms with Gasteiger partial charge in [-0.1, -0.05) is 13.3 Å². The van der Waals surface area contributed by atoms with Gasteiger partial charge < -0.3 is 10.6 Å². The Kier molecular flexibility index (Phi) is 5.17. The van der Waals surface area contributed by atoms with Crippen molar-refractivity contribution >= 4 is 5.91 Å². The molecule has 6 heteroatoms. The van der Waals surface area contributed by atoms with Crippen LogP contribution < -0.4 is 5.73 Å². The van der Waals surface area contributed by atoms with Crippen LogP contribution in [0.3, 0.4) is 0 Å². The molecule has 1 saturated carbocycles. The van der Waals surface area contributed by atoms with Gasteiger partial charge in [-0.25, -0.2) is 0 Å². The molecule has 4 unspecified atom stereocenters. The van der Waals surface area contributed by atoms with E-state index >= 15 is 0 Å². The summed E-state index contributed by atoms with van der Waals surface area (Å²) in [5, 5.41) is 0. The van der Waals surface area contributed by atoms with Crippen molar-refractivity contribution in [2.45, 2.75) is 45.2 Å². The highest BCUT2D eigenvalue weighted by Crippen LogP contribution is 2.40. The normalized spacial score (nSPS) is 34.8. The number of likely N-dealkylation sites (tertiary alicyclic amines) is 1. The van der Waals surface area contributed by atoms with E-state index in [1.54, 1.807) is 4.90 Å². The smallest absolute Gasteiger partial charge is 0.342 e. The number of nitrogens with two attached hydrogens (primary N) is 1. The van der Waals surface area contributed by atoms with E-state index in [1.807, 2.05) is 0 Å². The van der Waals surface area contributed by atoms with Crippen LogP contribution in [0.2, 0.25) is 0 Å². The molecular weight excluding hydrogens is 281 g/mol. The molecule has 122 valence electrons. The molecule has 2 N–H and O–H groups in total. The molecule has 0 aromatic heterocycles. The molecular formula is C15H25F3N2O. The number of alkyl halides is 3. The number of rotatable bonds is 2. The molecule has 0 bridgehead atoms. The summed E-state index contributed by atoms with van der Waals surface area (Å²) in [6.07, 6.45) is -2.08. The van der Waals surface area contributed by atoms with E-state index in [1.165, 1.54) is 0 Å². The number of amides is 1. The van der Waals surface area contributed by atoms with Crippen LogP contribution in [0, 0.1) is 23.7 Å². The molecule has 3 nitrogen and oxygen atoms in total. The minimum Gasteiger partial charge on any atom is -0.342 e. The standard InChI is InChI=1S/C15H25F3N2O/c1-10-5-6-20(9-12(10)8-19)14(21)11-3-2-4-13(7-11)15(16,17)18/h10-13H,2-9,19H2,1H3. The summed E-state index contributed by atoms with van der Waals surface area (Å²) >= 11 is 0. The molecule has 21 heavy (non-hydrogen) atoms. The zero-order chi connectivity index (χ0) is 15.6. The lowest BCUT2D eigenvalue weighted by molar-refractivity contribution is -0.187. The summed E-state index contributed by atoms with van der Waals surface area (Å²) in [4.78, 5) is 14.3. The molecule has 1 amide bonds. The van der Waals surface area contributed by atoms with Crippen molar-refractivity contribution in [3.63, 3.8) is 0 Å². The van der Waals surface area contributed by atoms with Crippen LogP contribution in [-0.2, 0) is 4.79 Å². The van der Waals surface area contributed by atoms with E-state index < -0.39 is 18.0 Å². The highest BCUT2D eigenvalue weighted by molar-refractivity contribution is 5.79. The summed E-state index contributed by atoms with van der Waals surface area (Å²) in [6.45, 7) is 3.91. The lowest BCUT2D eigenvalue weighted by Gasteiger charge is -2.39. The van der Waals surface area contributed by atoms with Crippen LogP contribution >= 0.6 is 0 Å². The number of nitrogens with zero attached hydrogens (tertiary/aromatic N) is 1. The van der Waals surface area contributed by atoms with Gasteiger partial charge in [-0.2, -0.15) is 13.2 Å². The number of piperidine rings is 1. The molecule has 1 saturated heterocycles. The van der Waals surface area contributed by atoms with Gasteiger partial charge in [0.05, 0.1) is 5.92 Å². The second-order valence-electron chi connectivity index (χ2n) is 6.65. The first kappa shape index (κ1) is 16.6. The number of halogens is 3. The minimum absolute atomic E-state index is 0.0400. The highest BCUT2D eigenvalue weighted by atomic mass is 19.4. The number of hydrogen-bond acceptors (Lipinski definition) is 2. The third-order valence-electron chi connectivity index (χ3n) is 5.21. The Morgan fingerprint density at radius 2 is 2.00 bits per heavy atom. The molecule has 0 spiro atoms. The predicted molar refractivity (Wildman–Crippen MR) is 74.4 cm³/mol. The van der Waals surface area contributed by atoms with Gasteiger partial charge in [-0.3, -0.25) is 4.79 Å². The average molecular weight is 306 g/mol. The maximum absolute atomic E-state index is 12.8. The van der Waals surface area contributed by atoms with Crippen molar-refractivity contribution < 1.29 is 18.0 Å². The van der Waals surface area contributed by atoms with Gasteiger partial charge in [-0.15, -0.1) is 0 Å². The Balaban J connectivity index is 1.96. The third kappa shape index (κ3) is 3.90. The first-order valence-electron chi connectivity index (χ1n) is 7.88. The van der Waals surface area contributed by atoms with Crippen molar-refractivity contribution in [2.75, 3.05) is 19.6 Å². The maximum atomic E-state index is 12.8. The van der Waals surface area contributed by atoms with E-state index in [4.69, 9.17) is 5.73 Å². The van der Waals surface area contributed by atoms with E-state index in [0.29, 0.717) is 38.4 Å². The first-order valence-corrected chi connectivity index (χ1v) is 7.88.